The maximum atomic E-state index is 12.4. The van der Waals surface area contributed by atoms with Crippen LogP contribution in [0.25, 0.3) is 0 Å². The fourth-order valence-electron chi connectivity index (χ4n) is 2.79. The molecule has 2 rings (SSSR count). The number of methoxy groups -OCH3 is 2. The summed E-state index contributed by atoms with van der Waals surface area (Å²) in [6, 6.07) is 7.65. The van der Waals surface area contributed by atoms with Gasteiger partial charge in [-0.3, -0.25) is 9.59 Å². The van der Waals surface area contributed by atoms with Crippen LogP contribution in [-0.4, -0.2) is 49.6 Å². The highest BCUT2D eigenvalue weighted by molar-refractivity contribution is 5.83. The molecule has 1 aliphatic rings. The third-order valence-corrected chi connectivity index (χ3v) is 4.62. The summed E-state index contributed by atoms with van der Waals surface area (Å²) in [5.74, 6) is 0.645. The van der Waals surface area contributed by atoms with Gasteiger partial charge in [0.2, 0.25) is 11.8 Å². The number of hydrogen-bond donors (Lipinski definition) is 1. The first-order valence-electron chi connectivity index (χ1n) is 8.58. The number of benzene rings is 1. The number of nitrogens with zero attached hydrogens (tertiary/aromatic N) is 1. The first-order valence-corrected chi connectivity index (χ1v) is 8.58. The molecule has 0 aliphatic carbocycles. The van der Waals surface area contributed by atoms with Crippen LogP contribution in [-0.2, 0) is 20.9 Å². The normalized spacial score (nSPS) is 18.2. The molecule has 1 aliphatic heterocycles. The number of likely N-dealkylation sites (tertiary alicyclic amines) is 1. The Morgan fingerprint density at radius 2 is 2.12 bits per heavy atom. The molecule has 0 spiro atoms. The molecule has 6 nitrogen and oxygen atoms in total. The molecule has 1 aromatic rings. The van der Waals surface area contributed by atoms with Crippen LogP contribution >= 0.6 is 0 Å². The summed E-state index contributed by atoms with van der Waals surface area (Å²) in [7, 11) is 3.24. The minimum absolute atomic E-state index is 0.0201. The average molecular weight is 348 g/mol. The van der Waals surface area contributed by atoms with E-state index in [-0.39, 0.29) is 17.7 Å². The van der Waals surface area contributed by atoms with Gasteiger partial charge in [-0.1, -0.05) is 12.1 Å². The molecule has 1 aromatic carbocycles. The predicted molar refractivity (Wildman–Crippen MR) is 95.2 cm³/mol. The topological polar surface area (TPSA) is 67.9 Å². The molecule has 0 radical (unpaired) electrons. The number of carbonyl (C=O) groups excluding carboxylic acids is 2. The molecular weight excluding hydrogens is 320 g/mol. The van der Waals surface area contributed by atoms with Crippen LogP contribution in [0, 0.1) is 5.92 Å². The van der Waals surface area contributed by atoms with Crippen molar-refractivity contribution in [3.63, 3.8) is 0 Å². The molecule has 1 N–H and O–H groups in total. The van der Waals surface area contributed by atoms with Gasteiger partial charge in [0, 0.05) is 33.2 Å². The minimum atomic E-state index is -0.402. The van der Waals surface area contributed by atoms with E-state index in [0.29, 0.717) is 32.5 Å². The standard InChI is InChI=1S/C19H28N2O4/c1-19(2,25-4)13-20-18(23)15-8-9-17(22)21(12-15)11-14-6-5-7-16(10-14)24-3/h5-7,10,15H,8-9,11-13H2,1-4H3,(H,20,23). The molecule has 1 saturated heterocycles. The number of carbonyl (C=O) groups is 2. The van der Waals surface area contributed by atoms with Gasteiger partial charge in [-0.05, 0) is 38.0 Å². The first-order chi connectivity index (χ1) is 11.8. The van der Waals surface area contributed by atoms with Crippen molar-refractivity contribution in [2.75, 3.05) is 27.3 Å². The van der Waals surface area contributed by atoms with Gasteiger partial charge < -0.3 is 19.7 Å². The van der Waals surface area contributed by atoms with E-state index in [1.807, 2.05) is 38.1 Å². The third-order valence-electron chi connectivity index (χ3n) is 4.62. The fraction of sp³-hybridized carbons (Fsp3) is 0.579. The first kappa shape index (κ1) is 19.2. The quantitative estimate of drug-likeness (QED) is 0.818. The van der Waals surface area contributed by atoms with Crippen LogP contribution in [0.4, 0.5) is 0 Å². The monoisotopic (exact) mass is 348 g/mol. The molecule has 2 amide bonds. The van der Waals surface area contributed by atoms with E-state index in [0.717, 1.165) is 11.3 Å². The van der Waals surface area contributed by atoms with Crippen molar-refractivity contribution in [1.82, 2.24) is 10.2 Å². The SMILES string of the molecule is COc1cccc(CN2CC(C(=O)NCC(C)(C)OC)CCC2=O)c1. The van der Waals surface area contributed by atoms with E-state index in [2.05, 4.69) is 5.32 Å². The van der Waals surface area contributed by atoms with Crippen molar-refractivity contribution >= 4 is 11.8 Å². The number of piperidine rings is 1. The Balaban J connectivity index is 1.96. The third kappa shape index (κ3) is 5.46. The van der Waals surface area contributed by atoms with Gasteiger partial charge in [-0.15, -0.1) is 0 Å². The molecule has 1 fully saturated rings. The Bertz CT molecular complexity index is 615. The number of amides is 2. The molecular formula is C19H28N2O4. The molecule has 1 atom stereocenters. The second kappa shape index (κ2) is 8.34. The van der Waals surface area contributed by atoms with Crippen molar-refractivity contribution < 1.29 is 19.1 Å². The fourth-order valence-corrected chi connectivity index (χ4v) is 2.79. The van der Waals surface area contributed by atoms with Gasteiger partial charge in [0.15, 0.2) is 0 Å². The Morgan fingerprint density at radius 1 is 1.36 bits per heavy atom. The lowest BCUT2D eigenvalue weighted by molar-refractivity contribution is -0.139. The van der Waals surface area contributed by atoms with E-state index in [9.17, 15) is 9.59 Å². The van der Waals surface area contributed by atoms with Crippen molar-refractivity contribution in [2.24, 2.45) is 5.92 Å². The van der Waals surface area contributed by atoms with Crippen LogP contribution in [0.15, 0.2) is 24.3 Å². The maximum absolute atomic E-state index is 12.4. The van der Waals surface area contributed by atoms with Crippen molar-refractivity contribution in [3.05, 3.63) is 29.8 Å². The largest absolute Gasteiger partial charge is 0.497 e. The summed E-state index contributed by atoms with van der Waals surface area (Å²) in [4.78, 5) is 26.4. The van der Waals surface area contributed by atoms with Crippen LogP contribution in [0.5, 0.6) is 5.75 Å². The lowest BCUT2D eigenvalue weighted by Gasteiger charge is -2.33. The average Bonchev–Trinajstić information content (AvgIpc) is 2.62. The predicted octanol–water partition coefficient (Wildman–Crippen LogP) is 1.97. The molecule has 6 heteroatoms. The molecule has 1 heterocycles. The zero-order chi connectivity index (χ0) is 18.4. The van der Waals surface area contributed by atoms with E-state index in [1.54, 1.807) is 19.1 Å². The van der Waals surface area contributed by atoms with E-state index >= 15 is 0 Å². The van der Waals surface area contributed by atoms with Crippen LogP contribution < -0.4 is 10.1 Å². The Morgan fingerprint density at radius 3 is 2.80 bits per heavy atom. The van der Waals surface area contributed by atoms with Gasteiger partial charge in [0.25, 0.3) is 0 Å². The molecule has 138 valence electrons. The lowest BCUT2D eigenvalue weighted by atomic mass is 9.95. The smallest absolute Gasteiger partial charge is 0.225 e. The summed E-state index contributed by atoms with van der Waals surface area (Å²) >= 11 is 0. The van der Waals surface area contributed by atoms with Crippen molar-refractivity contribution in [3.8, 4) is 5.75 Å². The number of rotatable bonds is 7. The molecule has 0 aromatic heterocycles. The second-order valence-electron chi connectivity index (χ2n) is 7.04. The van der Waals surface area contributed by atoms with Crippen molar-refractivity contribution in [2.45, 2.75) is 38.8 Å². The number of nitrogens with one attached hydrogen (secondary N) is 1. The summed E-state index contributed by atoms with van der Waals surface area (Å²) in [6.45, 7) is 5.22. The van der Waals surface area contributed by atoms with E-state index < -0.39 is 5.60 Å². The van der Waals surface area contributed by atoms with Crippen LogP contribution in [0.1, 0.15) is 32.3 Å². The van der Waals surface area contributed by atoms with Crippen molar-refractivity contribution in [1.29, 1.82) is 0 Å². The summed E-state index contributed by atoms with van der Waals surface area (Å²) < 4.78 is 10.5. The Kier molecular flexibility index (Phi) is 6.42. The summed E-state index contributed by atoms with van der Waals surface area (Å²) in [5.41, 5.74) is 0.592. The molecule has 0 saturated carbocycles. The van der Waals surface area contributed by atoms with Gasteiger partial charge in [0.1, 0.15) is 5.75 Å². The highest BCUT2D eigenvalue weighted by atomic mass is 16.5. The highest BCUT2D eigenvalue weighted by Crippen LogP contribution is 2.22. The zero-order valence-electron chi connectivity index (χ0n) is 15.5. The van der Waals surface area contributed by atoms with E-state index in [1.165, 1.54) is 0 Å². The lowest BCUT2D eigenvalue weighted by Crippen LogP contribution is -2.48. The minimum Gasteiger partial charge on any atom is -0.497 e. The molecule has 0 bridgehead atoms. The van der Waals surface area contributed by atoms with Crippen LogP contribution in [0.3, 0.4) is 0 Å². The Labute approximate surface area is 149 Å². The zero-order valence-corrected chi connectivity index (χ0v) is 15.5. The van der Waals surface area contributed by atoms with Gasteiger partial charge in [-0.2, -0.15) is 0 Å². The van der Waals surface area contributed by atoms with E-state index in [4.69, 9.17) is 9.47 Å². The van der Waals surface area contributed by atoms with Crippen LogP contribution in [0.2, 0.25) is 0 Å². The molecule has 1 unspecified atom stereocenters. The van der Waals surface area contributed by atoms with Gasteiger partial charge in [-0.25, -0.2) is 0 Å². The van der Waals surface area contributed by atoms with Gasteiger partial charge >= 0.3 is 0 Å². The summed E-state index contributed by atoms with van der Waals surface area (Å²) in [5, 5.41) is 2.94. The summed E-state index contributed by atoms with van der Waals surface area (Å²) in [6.07, 6.45) is 0.989. The number of hydrogen-bond acceptors (Lipinski definition) is 4. The molecule has 25 heavy (non-hydrogen) atoms. The highest BCUT2D eigenvalue weighted by Gasteiger charge is 2.31. The Hall–Kier alpha value is -2.08. The maximum Gasteiger partial charge on any atom is 0.225 e. The van der Waals surface area contributed by atoms with Gasteiger partial charge in [0.05, 0.1) is 18.6 Å². The second-order valence-corrected chi connectivity index (χ2v) is 7.04. The number of ether oxygens (including phenoxy) is 2.